The van der Waals surface area contributed by atoms with Gasteiger partial charge in [-0.25, -0.2) is 9.97 Å². The van der Waals surface area contributed by atoms with E-state index in [1.807, 2.05) is 6.92 Å². The number of hydrogen-bond donors (Lipinski definition) is 2. The van der Waals surface area contributed by atoms with E-state index in [0.717, 1.165) is 35.5 Å². The number of hydrogen-bond acceptors (Lipinski definition) is 4. The Morgan fingerprint density at radius 1 is 1.17 bits per heavy atom. The van der Waals surface area contributed by atoms with Crippen molar-refractivity contribution in [2.24, 2.45) is 5.92 Å². The number of aromatic nitrogens is 2. The molecule has 0 aromatic carbocycles. The molecular weight excluding hydrogens is 224 g/mol. The van der Waals surface area contributed by atoms with Gasteiger partial charge in [0.25, 0.3) is 0 Å². The van der Waals surface area contributed by atoms with Gasteiger partial charge in [0, 0.05) is 18.2 Å². The molecule has 2 atom stereocenters. The lowest BCUT2D eigenvalue weighted by molar-refractivity contribution is 0.602. The predicted octanol–water partition coefficient (Wildman–Crippen LogP) is 3.13. The molecule has 1 heterocycles. The highest BCUT2D eigenvalue weighted by molar-refractivity contribution is 5.57. The van der Waals surface area contributed by atoms with Gasteiger partial charge >= 0.3 is 0 Å². The zero-order chi connectivity index (χ0) is 13.1. The molecule has 0 spiro atoms. The lowest BCUT2D eigenvalue weighted by Crippen LogP contribution is -2.18. The summed E-state index contributed by atoms with van der Waals surface area (Å²) in [6, 6.07) is 0.572. The molecule has 100 valence electrons. The smallest absolute Gasteiger partial charge is 0.134 e. The summed E-state index contributed by atoms with van der Waals surface area (Å²) in [5, 5.41) is 6.89. The second-order valence-corrected chi connectivity index (χ2v) is 5.38. The fourth-order valence-corrected chi connectivity index (χ4v) is 2.64. The molecule has 2 unspecified atom stereocenters. The van der Waals surface area contributed by atoms with Gasteiger partial charge in [-0.05, 0) is 46.0 Å². The van der Waals surface area contributed by atoms with Crippen molar-refractivity contribution in [3.05, 3.63) is 11.4 Å². The van der Waals surface area contributed by atoms with Crippen LogP contribution in [-0.4, -0.2) is 22.6 Å². The molecule has 0 bridgehead atoms. The lowest BCUT2D eigenvalue weighted by Gasteiger charge is -2.17. The Kier molecular flexibility index (Phi) is 4.04. The Labute approximate surface area is 110 Å². The number of anilines is 2. The summed E-state index contributed by atoms with van der Waals surface area (Å²) in [7, 11) is 0. The number of nitrogens with zero attached hydrogens (tertiary/aromatic N) is 2. The SMILES string of the molecule is CCNc1nc(C)nc(NC2CCC(C)C2)c1C. The summed E-state index contributed by atoms with van der Waals surface area (Å²) in [5.41, 5.74) is 1.13. The third-order valence-electron chi connectivity index (χ3n) is 3.64. The van der Waals surface area contributed by atoms with E-state index in [1.54, 1.807) is 0 Å². The van der Waals surface area contributed by atoms with Crippen molar-refractivity contribution in [1.29, 1.82) is 0 Å². The van der Waals surface area contributed by atoms with Gasteiger partial charge < -0.3 is 10.6 Å². The second-order valence-electron chi connectivity index (χ2n) is 5.38. The van der Waals surface area contributed by atoms with Crippen LogP contribution in [0.4, 0.5) is 11.6 Å². The van der Waals surface area contributed by atoms with Gasteiger partial charge in [0.1, 0.15) is 17.5 Å². The van der Waals surface area contributed by atoms with Crippen molar-refractivity contribution < 1.29 is 0 Å². The predicted molar refractivity (Wildman–Crippen MR) is 76.1 cm³/mol. The minimum atomic E-state index is 0.572. The minimum absolute atomic E-state index is 0.572. The molecule has 4 nitrogen and oxygen atoms in total. The van der Waals surface area contributed by atoms with E-state index >= 15 is 0 Å². The fourth-order valence-electron chi connectivity index (χ4n) is 2.64. The highest BCUT2D eigenvalue weighted by atomic mass is 15.1. The van der Waals surface area contributed by atoms with Crippen LogP contribution in [0.25, 0.3) is 0 Å². The van der Waals surface area contributed by atoms with Gasteiger partial charge in [0.15, 0.2) is 0 Å². The molecule has 4 heteroatoms. The van der Waals surface area contributed by atoms with Crippen molar-refractivity contribution in [3.8, 4) is 0 Å². The van der Waals surface area contributed by atoms with E-state index < -0.39 is 0 Å². The molecular formula is C14H24N4. The average Bonchev–Trinajstić information content (AvgIpc) is 2.71. The van der Waals surface area contributed by atoms with Crippen LogP contribution < -0.4 is 10.6 Å². The van der Waals surface area contributed by atoms with E-state index in [9.17, 15) is 0 Å². The van der Waals surface area contributed by atoms with Gasteiger partial charge in [-0.3, -0.25) is 0 Å². The van der Waals surface area contributed by atoms with E-state index in [-0.39, 0.29) is 0 Å². The summed E-state index contributed by atoms with van der Waals surface area (Å²) in [5.74, 6) is 3.61. The first kappa shape index (κ1) is 13.1. The number of rotatable bonds is 4. The molecule has 0 radical (unpaired) electrons. The average molecular weight is 248 g/mol. The van der Waals surface area contributed by atoms with Crippen molar-refractivity contribution in [3.63, 3.8) is 0 Å². The maximum absolute atomic E-state index is 4.54. The van der Waals surface area contributed by atoms with Crippen LogP contribution in [0, 0.1) is 19.8 Å². The molecule has 1 aromatic rings. The molecule has 2 rings (SSSR count). The summed E-state index contributed by atoms with van der Waals surface area (Å²) in [6.07, 6.45) is 3.82. The molecule has 0 aliphatic heterocycles. The monoisotopic (exact) mass is 248 g/mol. The normalized spacial score (nSPS) is 23.1. The Morgan fingerprint density at radius 3 is 2.50 bits per heavy atom. The van der Waals surface area contributed by atoms with Crippen LogP contribution in [0.5, 0.6) is 0 Å². The van der Waals surface area contributed by atoms with E-state index in [2.05, 4.69) is 41.4 Å². The molecule has 1 aliphatic rings. The van der Waals surface area contributed by atoms with Crippen LogP contribution in [-0.2, 0) is 0 Å². The molecule has 1 fully saturated rings. The third-order valence-corrected chi connectivity index (χ3v) is 3.64. The molecule has 0 amide bonds. The van der Waals surface area contributed by atoms with Crippen LogP contribution >= 0.6 is 0 Å². The van der Waals surface area contributed by atoms with E-state index in [4.69, 9.17) is 0 Å². The van der Waals surface area contributed by atoms with Crippen LogP contribution in [0.15, 0.2) is 0 Å². The quantitative estimate of drug-likeness (QED) is 0.859. The first-order valence-corrected chi connectivity index (χ1v) is 6.95. The van der Waals surface area contributed by atoms with Crippen LogP contribution in [0.2, 0.25) is 0 Å². The van der Waals surface area contributed by atoms with Gasteiger partial charge in [0.2, 0.25) is 0 Å². The van der Waals surface area contributed by atoms with Gasteiger partial charge in [-0.2, -0.15) is 0 Å². The van der Waals surface area contributed by atoms with Gasteiger partial charge in [0.05, 0.1) is 0 Å². The van der Waals surface area contributed by atoms with E-state index in [1.165, 1.54) is 19.3 Å². The minimum Gasteiger partial charge on any atom is -0.370 e. The number of nitrogens with one attached hydrogen (secondary N) is 2. The first-order valence-electron chi connectivity index (χ1n) is 6.95. The summed E-state index contributed by atoms with van der Waals surface area (Å²) < 4.78 is 0. The van der Waals surface area contributed by atoms with Crippen LogP contribution in [0.3, 0.4) is 0 Å². The third kappa shape index (κ3) is 2.92. The first-order chi connectivity index (χ1) is 8.60. The topological polar surface area (TPSA) is 49.8 Å². The molecule has 18 heavy (non-hydrogen) atoms. The van der Waals surface area contributed by atoms with Crippen LogP contribution in [0.1, 0.15) is 44.5 Å². The highest BCUT2D eigenvalue weighted by Crippen LogP contribution is 2.29. The van der Waals surface area contributed by atoms with Crippen molar-refractivity contribution in [2.75, 3.05) is 17.2 Å². The Hall–Kier alpha value is -1.32. The Bertz CT molecular complexity index is 417. The maximum atomic E-state index is 4.54. The van der Waals surface area contributed by atoms with Crippen molar-refractivity contribution in [2.45, 2.75) is 53.0 Å². The molecule has 0 saturated heterocycles. The van der Waals surface area contributed by atoms with Gasteiger partial charge in [-0.15, -0.1) is 0 Å². The summed E-state index contributed by atoms with van der Waals surface area (Å²) in [4.78, 5) is 8.99. The molecule has 1 saturated carbocycles. The summed E-state index contributed by atoms with van der Waals surface area (Å²) in [6.45, 7) is 9.32. The molecule has 1 aliphatic carbocycles. The Balaban J connectivity index is 2.16. The van der Waals surface area contributed by atoms with Gasteiger partial charge in [-0.1, -0.05) is 6.92 Å². The molecule has 1 aromatic heterocycles. The zero-order valence-electron chi connectivity index (χ0n) is 11.9. The largest absolute Gasteiger partial charge is 0.370 e. The zero-order valence-corrected chi connectivity index (χ0v) is 11.9. The van der Waals surface area contributed by atoms with E-state index in [0.29, 0.717) is 6.04 Å². The highest BCUT2D eigenvalue weighted by Gasteiger charge is 2.22. The second kappa shape index (κ2) is 5.55. The molecule has 2 N–H and O–H groups in total. The standard InChI is InChI=1S/C14H24N4/c1-5-15-13-10(3)14(17-11(4)16-13)18-12-7-6-9(2)8-12/h9,12H,5-8H2,1-4H3,(H2,15,16,17,18). The van der Waals surface area contributed by atoms with Crippen molar-refractivity contribution >= 4 is 11.6 Å². The summed E-state index contributed by atoms with van der Waals surface area (Å²) >= 11 is 0. The maximum Gasteiger partial charge on any atom is 0.134 e. The lowest BCUT2D eigenvalue weighted by atomic mass is 10.1. The van der Waals surface area contributed by atoms with Crippen molar-refractivity contribution in [1.82, 2.24) is 9.97 Å². The number of aryl methyl sites for hydroxylation is 1. The Morgan fingerprint density at radius 2 is 1.89 bits per heavy atom. The fraction of sp³-hybridized carbons (Fsp3) is 0.714.